The number of hydrogen-bond donors (Lipinski definition) is 1. The molecular formula is C11H20N2S. The van der Waals surface area contributed by atoms with Crippen molar-refractivity contribution in [1.29, 1.82) is 0 Å². The summed E-state index contributed by atoms with van der Waals surface area (Å²) in [6.07, 6.45) is 6.89. The van der Waals surface area contributed by atoms with Crippen molar-refractivity contribution in [2.75, 3.05) is 6.54 Å². The van der Waals surface area contributed by atoms with E-state index in [-0.39, 0.29) is 0 Å². The largest absolute Gasteiger partial charge is 0.308 e. The van der Waals surface area contributed by atoms with Gasteiger partial charge in [-0.3, -0.25) is 0 Å². The summed E-state index contributed by atoms with van der Waals surface area (Å²) >= 11 is 1.75. The van der Waals surface area contributed by atoms with Crippen LogP contribution in [0.3, 0.4) is 0 Å². The minimum Gasteiger partial charge on any atom is -0.308 e. The smallest absolute Gasteiger partial charge is 0.109 e. The van der Waals surface area contributed by atoms with Crippen LogP contribution in [0.4, 0.5) is 0 Å². The van der Waals surface area contributed by atoms with Crippen LogP contribution in [0.25, 0.3) is 0 Å². The van der Waals surface area contributed by atoms with Gasteiger partial charge in [-0.15, -0.1) is 11.3 Å². The number of thiazole rings is 1. The lowest BCUT2D eigenvalue weighted by Gasteiger charge is -2.13. The average Bonchev–Trinajstić information content (AvgIpc) is 2.71. The van der Waals surface area contributed by atoms with Gasteiger partial charge in [-0.05, 0) is 19.4 Å². The van der Waals surface area contributed by atoms with Crippen LogP contribution in [-0.4, -0.2) is 11.5 Å². The first-order valence-corrected chi connectivity index (χ1v) is 6.39. The number of nitrogens with zero attached hydrogens (tertiary/aromatic N) is 1. The number of nitrogens with one attached hydrogen (secondary N) is 1. The Balaban J connectivity index is 2.26. The van der Waals surface area contributed by atoms with Crippen molar-refractivity contribution in [3.8, 4) is 0 Å². The van der Waals surface area contributed by atoms with Gasteiger partial charge in [0, 0.05) is 11.6 Å². The molecule has 1 rings (SSSR count). The second kappa shape index (κ2) is 6.96. The maximum absolute atomic E-state index is 4.34. The third-order valence-electron chi connectivity index (χ3n) is 2.33. The normalized spacial score (nSPS) is 13.0. The molecule has 80 valence electrons. The molecule has 0 fully saturated rings. The third kappa shape index (κ3) is 3.76. The van der Waals surface area contributed by atoms with Gasteiger partial charge in [0.25, 0.3) is 0 Å². The first-order chi connectivity index (χ1) is 6.88. The Morgan fingerprint density at radius 3 is 2.86 bits per heavy atom. The summed E-state index contributed by atoms with van der Waals surface area (Å²) in [5, 5.41) is 6.83. The van der Waals surface area contributed by atoms with E-state index in [0.717, 1.165) is 13.0 Å². The van der Waals surface area contributed by atoms with Crippen molar-refractivity contribution in [3.05, 3.63) is 16.6 Å². The summed E-state index contributed by atoms with van der Waals surface area (Å²) in [5.74, 6) is 0. The molecular weight excluding hydrogens is 192 g/mol. The Morgan fingerprint density at radius 1 is 1.43 bits per heavy atom. The van der Waals surface area contributed by atoms with Crippen LogP contribution in [-0.2, 0) is 0 Å². The topological polar surface area (TPSA) is 24.9 Å². The number of hydrogen-bond acceptors (Lipinski definition) is 3. The van der Waals surface area contributed by atoms with Crippen LogP contribution in [0.1, 0.15) is 50.6 Å². The number of unbranched alkanes of at least 4 members (excludes halogenated alkanes) is 2. The van der Waals surface area contributed by atoms with Gasteiger partial charge in [-0.25, -0.2) is 4.98 Å². The molecule has 0 saturated heterocycles. The molecule has 14 heavy (non-hydrogen) atoms. The molecule has 1 aromatic rings. The van der Waals surface area contributed by atoms with Crippen LogP contribution in [0.2, 0.25) is 0 Å². The van der Waals surface area contributed by atoms with Gasteiger partial charge in [0.2, 0.25) is 0 Å². The molecule has 1 unspecified atom stereocenters. The van der Waals surface area contributed by atoms with Crippen molar-refractivity contribution in [3.63, 3.8) is 0 Å². The van der Waals surface area contributed by atoms with Crippen LogP contribution in [0, 0.1) is 0 Å². The van der Waals surface area contributed by atoms with Crippen molar-refractivity contribution >= 4 is 11.3 Å². The van der Waals surface area contributed by atoms with E-state index in [9.17, 15) is 0 Å². The summed E-state index contributed by atoms with van der Waals surface area (Å²) in [6, 6.07) is 0.465. The van der Waals surface area contributed by atoms with E-state index in [2.05, 4.69) is 24.1 Å². The Hall–Kier alpha value is -0.410. The summed E-state index contributed by atoms with van der Waals surface area (Å²) in [4.78, 5) is 4.34. The highest BCUT2D eigenvalue weighted by Gasteiger charge is 2.09. The first kappa shape index (κ1) is 11.7. The standard InChI is InChI=1S/C11H20N2S/c1-3-5-6-7-12-10(4-2)11-13-8-9-14-11/h8-10,12H,3-7H2,1-2H3. The summed E-state index contributed by atoms with van der Waals surface area (Å²) in [5.41, 5.74) is 0. The van der Waals surface area contributed by atoms with Crippen LogP contribution in [0.5, 0.6) is 0 Å². The molecule has 2 nitrogen and oxygen atoms in total. The Morgan fingerprint density at radius 2 is 2.29 bits per heavy atom. The number of aromatic nitrogens is 1. The van der Waals surface area contributed by atoms with Gasteiger partial charge in [0.1, 0.15) is 5.01 Å². The van der Waals surface area contributed by atoms with Crippen molar-refractivity contribution < 1.29 is 0 Å². The highest BCUT2D eigenvalue weighted by Crippen LogP contribution is 2.18. The molecule has 3 heteroatoms. The summed E-state index contributed by atoms with van der Waals surface area (Å²) in [6.45, 7) is 5.56. The molecule has 0 aliphatic carbocycles. The Kier molecular flexibility index (Phi) is 5.80. The molecule has 0 bridgehead atoms. The SMILES string of the molecule is CCCCCNC(CC)c1nccs1. The van der Waals surface area contributed by atoms with E-state index >= 15 is 0 Å². The lowest BCUT2D eigenvalue weighted by Crippen LogP contribution is -2.21. The van der Waals surface area contributed by atoms with Crippen LogP contribution in [0.15, 0.2) is 11.6 Å². The van der Waals surface area contributed by atoms with E-state index in [4.69, 9.17) is 0 Å². The molecule has 0 radical (unpaired) electrons. The van der Waals surface area contributed by atoms with E-state index < -0.39 is 0 Å². The first-order valence-electron chi connectivity index (χ1n) is 5.51. The molecule has 0 aromatic carbocycles. The second-order valence-electron chi connectivity index (χ2n) is 3.49. The van der Waals surface area contributed by atoms with Gasteiger partial charge in [0.05, 0.1) is 6.04 Å². The van der Waals surface area contributed by atoms with E-state index in [0.29, 0.717) is 6.04 Å². The van der Waals surface area contributed by atoms with Gasteiger partial charge in [-0.2, -0.15) is 0 Å². The van der Waals surface area contributed by atoms with Crippen molar-refractivity contribution in [1.82, 2.24) is 10.3 Å². The van der Waals surface area contributed by atoms with Gasteiger partial charge < -0.3 is 5.32 Å². The van der Waals surface area contributed by atoms with Crippen LogP contribution < -0.4 is 5.32 Å². The zero-order chi connectivity index (χ0) is 10.2. The quantitative estimate of drug-likeness (QED) is 0.701. The molecule has 1 atom stereocenters. The van der Waals surface area contributed by atoms with Gasteiger partial charge in [-0.1, -0.05) is 26.7 Å². The maximum atomic E-state index is 4.34. The van der Waals surface area contributed by atoms with Gasteiger partial charge >= 0.3 is 0 Å². The molecule has 1 aromatic heterocycles. The Bertz CT molecular complexity index is 221. The summed E-state index contributed by atoms with van der Waals surface area (Å²) < 4.78 is 0. The zero-order valence-electron chi connectivity index (χ0n) is 9.12. The highest BCUT2D eigenvalue weighted by atomic mass is 32.1. The van der Waals surface area contributed by atoms with Crippen molar-refractivity contribution in [2.24, 2.45) is 0 Å². The van der Waals surface area contributed by atoms with Crippen molar-refractivity contribution in [2.45, 2.75) is 45.6 Å². The van der Waals surface area contributed by atoms with E-state index in [1.54, 1.807) is 11.3 Å². The van der Waals surface area contributed by atoms with Gasteiger partial charge in [0.15, 0.2) is 0 Å². The fourth-order valence-corrected chi connectivity index (χ4v) is 2.26. The second-order valence-corrected chi connectivity index (χ2v) is 4.42. The molecule has 1 N–H and O–H groups in total. The highest BCUT2D eigenvalue weighted by molar-refractivity contribution is 7.09. The maximum Gasteiger partial charge on any atom is 0.109 e. The van der Waals surface area contributed by atoms with E-state index in [1.807, 2.05) is 11.6 Å². The molecule has 0 amide bonds. The molecule has 0 spiro atoms. The third-order valence-corrected chi connectivity index (χ3v) is 3.22. The molecule has 0 aliphatic rings. The van der Waals surface area contributed by atoms with E-state index in [1.165, 1.54) is 24.3 Å². The molecule has 0 saturated carbocycles. The summed E-state index contributed by atoms with van der Waals surface area (Å²) in [7, 11) is 0. The average molecular weight is 212 g/mol. The fourth-order valence-electron chi connectivity index (χ4n) is 1.46. The minimum atomic E-state index is 0.465. The molecule has 1 heterocycles. The predicted octanol–water partition coefficient (Wildman–Crippen LogP) is 3.37. The molecule has 0 aliphatic heterocycles. The zero-order valence-corrected chi connectivity index (χ0v) is 9.94. The monoisotopic (exact) mass is 212 g/mol. The fraction of sp³-hybridized carbons (Fsp3) is 0.727. The number of rotatable bonds is 7. The lowest BCUT2D eigenvalue weighted by atomic mass is 10.2. The lowest BCUT2D eigenvalue weighted by molar-refractivity contribution is 0.500. The Labute approximate surface area is 90.8 Å². The van der Waals surface area contributed by atoms with Crippen LogP contribution >= 0.6 is 11.3 Å². The minimum absolute atomic E-state index is 0.465. The predicted molar refractivity (Wildman–Crippen MR) is 62.7 cm³/mol.